The van der Waals surface area contributed by atoms with Crippen LogP contribution in [0.3, 0.4) is 0 Å². The number of hydrogen-bond donors (Lipinski definition) is 3. The number of nitrogens with one attached hydrogen (secondary N) is 2. The molecular formula is C28H32N2O5. The molecule has 0 saturated heterocycles. The van der Waals surface area contributed by atoms with Gasteiger partial charge in [-0.25, -0.2) is 4.79 Å². The molecule has 184 valence electrons. The summed E-state index contributed by atoms with van der Waals surface area (Å²) in [5.74, 6) is -1.42. The van der Waals surface area contributed by atoms with Crippen LogP contribution in [0, 0.1) is 11.8 Å². The minimum absolute atomic E-state index is 0.0533. The third-order valence-corrected chi connectivity index (χ3v) is 7.63. The zero-order valence-electron chi connectivity index (χ0n) is 19.7. The molecule has 7 nitrogen and oxygen atoms in total. The number of rotatable bonds is 8. The van der Waals surface area contributed by atoms with Crippen molar-refractivity contribution in [3.63, 3.8) is 0 Å². The van der Waals surface area contributed by atoms with Crippen LogP contribution in [0.5, 0.6) is 0 Å². The first-order valence-electron chi connectivity index (χ1n) is 12.7. The zero-order valence-corrected chi connectivity index (χ0v) is 19.7. The molecule has 2 aromatic rings. The van der Waals surface area contributed by atoms with E-state index in [-0.39, 0.29) is 18.4 Å². The van der Waals surface area contributed by atoms with E-state index in [1.165, 1.54) is 0 Å². The van der Waals surface area contributed by atoms with Crippen LogP contribution in [0.25, 0.3) is 11.1 Å². The van der Waals surface area contributed by atoms with Crippen molar-refractivity contribution in [3.05, 3.63) is 59.7 Å². The Hall–Kier alpha value is -3.35. The SMILES string of the molecule is O=C(NC(CC1CC1)C(=O)N[C@H]1CCCC[C@H]1C(=O)O)OCC1c2ccccc2-c2ccccc21. The fraction of sp³-hybridized carbons (Fsp3) is 0.464. The van der Waals surface area contributed by atoms with Crippen LogP contribution in [-0.4, -0.2) is 41.8 Å². The molecule has 3 aliphatic rings. The Balaban J connectivity index is 1.22. The second-order valence-electron chi connectivity index (χ2n) is 10.0. The Morgan fingerprint density at radius 3 is 2.17 bits per heavy atom. The van der Waals surface area contributed by atoms with Crippen molar-refractivity contribution in [1.82, 2.24) is 10.6 Å². The Morgan fingerprint density at radius 2 is 1.54 bits per heavy atom. The van der Waals surface area contributed by atoms with Gasteiger partial charge in [-0.2, -0.15) is 0 Å². The van der Waals surface area contributed by atoms with Gasteiger partial charge in [0.15, 0.2) is 0 Å². The molecule has 3 atom stereocenters. The van der Waals surface area contributed by atoms with Crippen molar-refractivity contribution in [2.24, 2.45) is 11.8 Å². The van der Waals surface area contributed by atoms with Gasteiger partial charge < -0.3 is 20.5 Å². The lowest BCUT2D eigenvalue weighted by Gasteiger charge is -2.30. The van der Waals surface area contributed by atoms with E-state index >= 15 is 0 Å². The maximum absolute atomic E-state index is 13.1. The summed E-state index contributed by atoms with van der Waals surface area (Å²) >= 11 is 0. The fourth-order valence-electron chi connectivity index (χ4n) is 5.58. The summed E-state index contributed by atoms with van der Waals surface area (Å²) in [4.78, 5) is 37.5. The number of carbonyl (C=O) groups is 3. The van der Waals surface area contributed by atoms with Crippen LogP contribution < -0.4 is 10.6 Å². The number of hydrogen-bond acceptors (Lipinski definition) is 4. The van der Waals surface area contributed by atoms with Gasteiger partial charge in [0, 0.05) is 12.0 Å². The van der Waals surface area contributed by atoms with E-state index in [0.717, 1.165) is 47.9 Å². The summed E-state index contributed by atoms with van der Waals surface area (Å²) in [7, 11) is 0. The van der Waals surface area contributed by atoms with E-state index in [4.69, 9.17) is 4.74 Å². The molecule has 35 heavy (non-hydrogen) atoms. The molecule has 0 heterocycles. The number of carbonyl (C=O) groups excluding carboxylic acids is 2. The van der Waals surface area contributed by atoms with E-state index in [9.17, 15) is 19.5 Å². The van der Waals surface area contributed by atoms with Gasteiger partial charge in [-0.05, 0) is 47.4 Å². The Kier molecular flexibility index (Phi) is 6.75. The summed E-state index contributed by atoms with van der Waals surface area (Å²) in [5.41, 5.74) is 4.57. The minimum Gasteiger partial charge on any atom is -0.481 e. The quantitative estimate of drug-likeness (QED) is 0.522. The zero-order chi connectivity index (χ0) is 24.4. The predicted octanol–water partition coefficient (Wildman–Crippen LogP) is 4.45. The van der Waals surface area contributed by atoms with Crippen LogP contribution in [0.2, 0.25) is 0 Å². The van der Waals surface area contributed by atoms with E-state index in [1.54, 1.807) is 0 Å². The first-order chi connectivity index (χ1) is 17.0. The largest absolute Gasteiger partial charge is 0.481 e. The van der Waals surface area contributed by atoms with Gasteiger partial charge in [0.25, 0.3) is 0 Å². The summed E-state index contributed by atoms with van der Waals surface area (Å²) in [6.07, 6.45) is 4.95. The van der Waals surface area contributed by atoms with Crippen molar-refractivity contribution >= 4 is 18.0 Å². The summed E-state index contributed by atoms with van der Waals surface area (Å²) in [6, 6.07) is 15.2. The van der Waals surface area contributed by atoms with Gasteiger partial charge in [-0.1, -0.05) is 74.2 Å². The third-order valence-electron chi connectivity index (χ3n) is 7.63. The molecule has 0 aliphatic heterocycles. The number of ether oxygens (including phenoxy) is 1. The molecule has 0 aromatic heterocycles. The van der Waals surface area contributed by atoms with Crippen molar-refractivity contribution in [1.29, 1.82) is 0 Å². The molecule has 0 bridgehead atoms. The Labute approximate surface area is 205 Å². The highest BCUT2D eigenvalue weighted by molar-refractivity contribution is 5.86. The van der Waals surface area contributed by atoms with Gasteiger partial charge in [0.2, 0.25) is 5.91 Å². The highest BCUT2D eigenvalue weighted by Crippen LogP contribution is 2.44. The lowest BCUT2D eigenvalue weighted by Crippen LogP contribution is -2.53. The first kappa shape index (κ1) is 23.4. The van der Waals surface area contributed by atoms with Gasteiger partial charge in [0.1, 0.15) is 12.6 Å². The second-order valence-corrected chi connectivity index (χ2v) is 10.0. The molecule has 2 fully saturated rings. The van der Waals surface area contributed by atoms with Crippen molar-refractivity contribution in [3.8, 4) is 11.1 Å². The Morgan fingerprint density at radius 1 is 0.914 bits per heavy atom. The molecule has 0 radical (unpaired) electrons. The first-order valence-corrected chi connectivity index (χ1v) is 12.7. The monoisotopic (exact) mass is 476 g/mol. The fourth-order valence-corrected chi connectivity index (χ4v) is 5.58. The van der Waals surface area contributed by atoms with Crippen LogP contribution >= 0.6 is 0 Å². The number of alkyl carbamates (subject to hydrolysis) is 1. The summed E-state index contributed by atoms with van der Waals surface area (Å²) in [6.45, 7) is 0.182. The average Bonchev–Trinajstić information content (AvgIpc) is 3.63. The lowest BCUT2D eigenvalue weighted by atomic mass is 9.84. The molecule has 2 aromatic carbocycles. The molecule has 7 heteroatoms. The second kappa shape index (κ2) is 10.1. The van der Waals surface area contributed by atoms with Crippen LogP contribution in [0.4, 0.5) is 4.79 Å². The van der Waals surface area contributed by atoms with Gasteiger partial charge >= 0.3 is 12.1 Å². The molecule has 3 N–H and O–H groups in total. The molecular weight excluding hydrogens is 444 g/mol. The van der Waals surface area contributed by atoms with E-state index in [2.05, 4.69) is 34.9 Å². The van der Waals surface area contributed by atoms with Crippen molar-refractivity contribution in [2.75, 3.05) is 6.61 Å². The van der Waals surface area contributed by atoms with E-state index in [1.807, 2.05) is 24.3 Å². The van der Waals surface area contributed by atoms with Crippen molar-refractivity contribution in [2.45, 2.75) is 62.9 Å². The topological polar surface area (TPSA) is 105 Å². The number of carboxylic acids is 1. The molecule has 3 aliphatic carbocycles. The molecule has 2 amide bonds. The predicted molar refractivity (Wildman–Crippen MR) is 131 cm³/mol. The molecule has 5 rings (SSSR count). The molecule has 2 saturated carbocycles. The summed E-state index contributed by atoms with van der Waals surface area (Å²) in [5, 5.41) is 15.2. The smallest absolute Gasteiger partial charge is 0.407 e. The standard InChI is InChI=1S/C28H32N2O5/c31-26(29-24-12-6-5-11-22(24)27(32)33)25(15-17-13-14-17)30-28(34)35-16-23-20-9-3-1-7-18(20)19-8-2-4-10-21(19)23/h1-4,7-10,17,22-25H,5-6,11-16H2,(H,29,31)(H,30,34)(H,32,33)/t22-,24+,25?/m1/s1. The number of fused-ring (bicyclic) bond motifs is 3. The van der Waals surface area contributed by atoms with E-state index in [0.29, 0.717) is 25.2 Å². The number of carboxylic acid groups (broad SMARTS) is 1. The highest BCUT2D eigenvalue weighted by Gasteiger charge is 2.36. The Bertz CT molecular complexity index is 1070. The highest BCUT2D eigenvalue weighted by atomic mass is 16.5. The van der Waals surface area contributed by atoms with Gasteiger partial charge in [-0.15, -0.1) is 0 Å². The van der Waals surface area contributed by atoms with Crippen LogP contribution in [0.15, 0.2) is 48.5 Å². The van der Waals surface area contributed by atoms with Gasteiger partial charge in [-0.3, -0.25) is 9.59 Å². The van der Waals surface area contributed by atoms with E-state index < -0.39 is 30.1 Å². The number of aliphatic carboxylic acids is 1. The maximum Gasteiger partial charge on any atom is 0.407 e. The third kappa shape index (κ3) is 5.19. The lowest BCUT2D eigenvalue weighted by molar-refractivity contribution is -0.144. The number of amides is 2. The van der Waals surface area contributed by atoms with Gasteiger partial charge in [0.05, 0.1) is 5.92 Å². The minimum atomic E-state index is -0.877. The van der Waals surface area contributed by atoms with Crippen LogP contribution in [-0.2, 0) is 14.3 Å². The normalized spacial score (nSPS) is 21.9. The maximum atomic E-state index is 13.1. The average molecular weight is 477 g/mol. The summed E-state index contributed by atoms with van der Waals surface area (Å²) < 4.78 is 5.65. The van der Waals surface area contributed by atoms with Crippen LogP contribution in [0.1, 0.15) is 62.0 Å². The van der Waals surface area contributed by atoms with Crippen molar-refractivity contribution < 1.29 is 24.2 Å². The molecule has 1 unspecified atom stereocenters. The number of benzene rings is 2. The molecule has 0 spiro atoms.